The van der Waals surface area contributed by atoms with Crippen LogP contribution in [0.5, 0.6) is 0 Å². The Hall–Kier alpha value is -2.40. The number of nitrogens with one attached hydrogen (secondary N) is 1. The lowest BCUT2D eigenvalue weighted by Crippen LogP contribution is -2.31. The maximum atomic E-state index is 13.0. The fraction of sp³-hybridized carbons (Fsp3) is 0.263. The van der Waals surface area contributed by atoms with Crippen LogP contribution in [0.3, 0.4) is 0 Å². The molecule has 1 N–H and O–H groups in total. The van der Waals surface area contributed by atoms with Crippen LogP contribution in [-0.4, -0.2) is 18.0 Å². The molecule has 2 aromatic rings. The molecule has 2 rings (SSSR count). The lowest BCUT2D eigenvalue weighted by Gasteiger charge is -2.19. The number of rotatable bonds is 6. The van der Waals surface area contributed by atoms with Crippen molar-refractivity contribution < 1.29 is 18.7 Å². The summed E-state index contributed by atoms with van der Waals surface area (Å²) in [5.41, 5.74) is 1.09. The van der Waals surface area contributed by atoms with E-state index in [1.54, 1.807) is 0 Å². The van der Waals surface area contributed by atoms with Gasteiger partial charge >= 0.3 is 5.97 Å². The van der Waals surface area contributed by atoms with Gasteiger partial charge in [-0.1, -0.05) is 48.9 Å². The number of anilines is 1. The maximum absolute atomic E-state index is 13.0. The molecular formula is C19H19ClFNO3. The summed E-state index contributed by atoms with van der Waals surface area (Å²) in [6.45, 7) is 3.35. The second kappa shape index (κ2) is 8.62. The van der Waals surface area contributed by atoms with Crippen molar-refractivity contribution in [3.8, 4) is 0 Å². The fourth-order valence-corrected chi connectivity index (χ4v) is 2.57. The molecule has 0 bridgehead atoms. The molecule has 0 saturated carbocycles. The molecule has 0 unspecified atom stereocenters. The first-order valence-corrected chi connectivity index (χ1v) is 8.31. The second-order valence-electron chi connectivity index (χ2n) is 5.56. The molecule has 132 valence electrons. The third-order valence-electron chi connectivity index (χ3n) is 3.75. The van der Waals surface area contributed by atoms with Crippen LogP contribution in [0.1, 0.15) is 31.7 Å². The number of carbonyl (C=O) groups excluding carboxylic acids is 2. The highest BCUT2D eigenvalue weighted by atomic mass is 35.5. The predicted molar refractivity (Wildman–Crippen MR) is 95.1 cm³/mol. The SMILES string of the molecule is CC[C@@H](C(=O)O[C@H](C)C(=O)Nc1ccc(F)cc1Cl)c1ccccc1. The monoisotopic (exact) mass is 363 g/mol. The van der Waals surface area contributed by atoms with Gasteiger partial charge in [0, 0.05) is 0 Å². The van der Waals surface area contributed by atoms with Crippen LogP contribution < -0.4 is 5.32 Å². The lowest BCUT2D eigenvalue weighted by atomic mass is 9.97. The Morgan fingerprint density at radius 3 is 2.48 bits per heavy atom. The molecule has 2 aromatic carbocycles. The average Bonchev–Trinajstić information content (AvgIpc) is 2.58. The van der Waals surface area contributed by atoms with Crippen molar-refractivity contribution in [3.05, 3.63) is 64.9 Å². The Morgan fingerprint density at radius 2 is 1.88 bits per heavy atom. The quantitative estimate of drug-likeness (QED) is 0.766. The first-order valence-electron chi connectivity index (χ1n) is 7.93. The van der Waals surface area contributed by atoms with Crippen LogP contribution in [0, 0.1) is 5.82 Å². The third-order valence-corrected chi connectivity index (χ3v) is 4.06. The minimum absolute atomic E-state index is 0.0718. The van der Waals surface area contributed by atoms with E-state index in [0.717, 1.165) is 11.6 Å². The van der Waals surface area contributed by atoms with E-state index < -0.39 is 29.7 Å². The first-order chi connectivity index (χ1) is 11.9. The number of hydrogen-bond acceptors (Lipinski definition) is 3. The molecular weight excluding hydrogens is 345 g/mol. The predicted octanol–water partition coefficient (Wildman–Crippen LogP) is 4.54. The van der Waals surface area contributed by atoms with Crippen LogP contribution in [0.25, 0.3) is 0 Å². The number of carbonyl (C=O) groups is 2. The molecule has 6 heteroatoms. The molecule has 0 aliphatic heterocycles. The highest BCUT2D eigenvalue weighted by Crippen LogP contribution is 2.24. The van der Waals surface area contributed by atoms with Gasteiger partial charge in [0.05, 0.1) is 16.6 Å². The van der Waals surface area contributed by atoms with Crippen molar-refractivity contribution in [2.75, 3.05) is 5.32 Å². The number of esters is 1. The minimum atomic E-state index is -1.01. The number of hydrogen-bond donors (Lipinski definition) is 1. The molecule has 1 amide bonds. The summed E-state index contributed by atoms with van der Waals surface area (Å²) < 4.78 is 18.3. The van der Waals surface area contributed by atoms with E-state index in [1.165, 1.54) is 19.1 Å². The van der Waals surface area contributed by atoms with Gasteiger partial charge in [-0.3, -0.25) is 9.59 Å². The summed E-state index contributed by atoms with van der Waals surface area (Å²) in [6, 6.07) is 12.9. The van der Waals surface area contributed by atoms with Gasteiger partial charge in [-0.05, 0) is 37.1 Å². The lowest BCUT2D eigenvalue weighted by molar-refractivity contribution is -0.154. The van der Waals surface area contributed by atoms with Gasteiger partial charge in [-0.15, -0.1) is 0 Å². The Bertz CT molecular complexity index is 752. The second-order valence-corrected chi connectivity index (χ2v) is 5.97. The molecule has 0 saturated heterocycles. The zero-order chi connectivity index (χ0) is 18.4. The van der Waals surface area contributed by atoms with E-state index in [2.05, 4.69) is 5.32 Å². The van der Waals surface area contributed by atoms with Gasteiger partial charge in [0.25, 0.3) is 5.91 Å². The molecule has 0 radical (unpaired) electrons. The van der Waals surface area contributed by atoms with Crippen molar-refractivity contribution >= 4 is 29.2 Å². The molecule has 25 heavy (non-hydrogen) atoms. The fourth-order valence-electron chi connectivity index (χ4n) is 2.36. The van der Waals surface area contributed by atoms with Crippen LogP contribution >= 0.6 is 11.6 Å². The topological polar surface area (TPSA) is 55.4 Å². The highest BCUT2D eigenvalue weighted by molar-refractivity contribution is 6.33. The van der Waals surface area contributed by atoms with E-state index in [9.17, 15) is 14.0 Å². The van der Waals surface area contributed by atoms with Gasteiger partial charge < -0.3 is 10.1 Å². The van der Waals surface area contributed by atoms with Crippen LogP contribution in [0.2, 0.25) is 5.02 Å². The van der Waals surface area contributed by atoms with Crippen LogP contribution in [0.15, 0.2) is 48.5 Å². The first kappa shape index (κ1) is 18.9. The molecule has 0 heterocycles. The highest BCUT2D eigenvalue weighted by Gasteiger charge is 2.25. The molecule has 0 fully saturated rings. The van der Waals surface area contributed by atoms with E-state index in [-0.39, 0.29) is 10.7 Å². The Balaban J connectivity index is 2.01. The summed E-state index contributed by atoms with van der Waals surface area (Å²) >= 11 is 5.87. The standard InChI is InChI=1S/C19H19ClFNO3/c1-3-15(13-7-5-4-6-8-13)19(24)25-12(2)18(23)22-17-10-9-14(21)11-16(17)20/h4-12,15H,3H2,1-2H3,(H,22,23)/t12-,15-/m1/s1. The number of halogens is 2. The van der Waals surface area contributed by atoms with Gasteiger partial charge in [0.1, 0.15) is 5.82 Å². The zero-order valence-corrected chi connectivity index (χ0v) is 14.7. The van der Waals surface area contributed by atoms with E-state index in [4.69, 9.17) is 16.3 Å². The summed E-state index contributed by atoms with van der Waals surface area (Å²) in [7, 11) is 0. The van der Waals surface area contributed by atoms with Crippen molar-refractivity contribution in [1.29, 1.82) is 0 Å². The van der Waals surface area contributed by atoms with Crippen molar-refractivity contribution in [1.82, 2.24) is 0 Å². The average molecular weight is 364 g/mol. The summed E-state index contributed by atoms with van der Waals surface area (Å²) in [6.07, 6.45) is -0.451. The van der Waals surface area contributed by atoms with Crippen LogP contribution in [0.4, 0.5) is 10.1 Å². The molecule has 0 aliphatic rings. The van der Waals surface area contributed by atoms with E-state index in [1.807, 2.05) is 37.3 Å². The Labute approximate surface area is 150 Å². The third kappa shape index (κ3) is 5.03. The zero-order valence-electron chi connectivity index (χ0n) is 14.0. The van der Waals surface area contributed by atoms with Gasteiger partial charge in [-0.25, -0.2) is 4.39 Å². The Kier molecular flexibility index (Phi) is 6.53. The van der Waals surface area contributed by atoms with Crippen molar-refractivity contribution in [2.45, 2.75) is 32.3 Å². The molecule has 0 aromatic heterocycles. The number of benzene rings is 2. The smallest absolute Gasteiger partial charge is 0.314 e. The number of amides is 1. The van der Waals surface area contributed by atoms with Crippen molar-refractivity contribution in [2.24, 2.45) is 0 Å². The van der Waals surface area contributed by atoms with Crippen LogP contribution in [-0.2, 0) is 14.3 Å². The maximum Gasteiger partial charge on any atom is 0.314 e. The van der Waals surface area contributed by atoms with Gasteiger partial charge in [0.2, 0.25) is 0 Å². The Morgan fingerprint density at radius 1 is 1.20 bits per heavy atom. The molecule has 0 spiro atoms. The van der Waals surface area contributed by atoms with Gasteiger partial charge in [0.15, 0.2) is 6.10 Å². The minimum Gasteiger partial charge on any atom is -0.452 e. The summed E-state index contributed by atoms with van der Waals surface area (Å²) in [5, 5.41) is 2.60. The molecule has 2 atom stereocenters. The number of ether oxygens (including phenoxy) is 1. The molecule has 0 aliphatic carbocycles. The summed E-state index contributed by atoms with van der Waals surface area (Å²) in [4.78, 5) is 24.6. The van der Waals surface area contributed by atoms with Crippen molar-refractivity contribution in [3.63, 3.8) is 0 Å². The van der Waals surface area contributed by atoms with E-state index >= 15 is 0 Å². The van der Waals surface area contributed by atoms with Gasteiger partial charge in [-0.2, -0.15) is 0 Å². The van der Waals surface area contributed by atoms with E-state index in [0.29, 0.717) is 6.42 Å². The summed E-state index contributed by atoms with van der Waals surface area (Å²) in [5.74, 6) is -1.95. The largest absolute Gasteiger partial charge is 0.452 e. The normalized spacial score (nSPS) is 13.0. The molecule has 4 nitrogen and oxygen atoms in total.